The number of benzene rings is 2. The Hall–Kier alpha value is -2.23. The van der Waals surface area contributed by atoms with Crippen molar-refractivity contribution in [3.63, 3.8) is 0 Å². The van der Waals surface area contributed by atoms with Crippen LogP contribution < -0.4 is 10.0 Å². The zero-order valence-electron chi connectivity index (χ0n) is 14.6. The lowest BCUT2D eigenvalue weighted by molar-refractivity contribution is 0.102. The number of carbonyl (C=O) groups excluding carboxylic acids is 1. The van der Waals surface area contributed by atoms with E-state index in [0.29, 0.717) is 22.4 Å². The molecule has 0 saturated carbocycles. The predicted octanol–water partition coefficient (Wildman–Crippen LogP) is 1.70. The summed E-state index contributed by atoms with van der Waals surface area (Å²) in [6.07, 6.45) is 1.14. The summed E-state index contributed by atoms with van der Waals surface area (Å²) in [7, 11) is -5.46. The van der Waals surface area contributed by atoms with Crippen LogP contribution in [0.2, 0.25) is 0 Å². The van der Waals surface area contributed by atoms with Crippen LogP contribution in [0.5, 0.6) is 0 Å². The Morgan fingerprint density at radius 3 is 2.15 bits per heavy atom. The molecule has 0 aliphatic rings. The van der Waals surface area contributed by atoms with Gasteiger partial charge in [-0.3, -0.25) is 4.79 Å². The van der Waals surface area contributed by atoms with Crippen molar-refractivity contribution in [3.05, 3.63) is 59.2 Å². The number of hydrogen-bond donors (Lipinski definition) is 2. The van der Waals surface area contributed by atoms with Crippen LogP contribution >= 0.6 is 0 Å². The van der Waals surface area contributed by atoms with E-state index in [1.807, 2.05) is 0 Å². The van der Waals surface area contributed by atoms with Gasteiger partial charge in [0.25, 0.3) is 5.91 Å². The molecule has 140 valence electrons. The predicted molar refractivity (Wildman–Crippen MR) is 100 cm³/mol. The van der Waals surface area contributed by atoms with Crippen molar-refractivity contribution in [2.75, 3.05) is 18.6 Å². The van der Waals surface area contributed by atoms with Crippen LogP contribution in [-0.2, 0) is 25.6 Å². The molecule has 0 saturated heterocycles. The van der Waals surface area contributed by atoms with Gasteiger partial charge < -0.3 is 5.32 Å². The van der Waals surface area contributed by atoms with Gasteiger partial charge in [-0.25, -0.2) is 21.6 Å². The monoisotopic (exact) mass is 396 g/mol. The molecular weight excluding hydrogens is 376 g/mol. The quantitative estimate of drug-likeness (QED) is 0.772. The van der Waals surface area contributed by atoms with Gasteiger partial charge in [0, 0.05) is 17.5 Å². The van der Waals surface area contributed by atoms with Crippen molar-refractivity contribution in [2.45, 2.75) is 17.6 Å². The summed E-state index contributed by atoms with van der Waals surface area (Å²) < 4.78 is 48.8. The first kappa shape index (κ1) is 20.1. The second-order valence-corrected chi connectivity index (χ2v) is 9.90. The molecule has 26 heavy (non-hydrogen) atoms. The van der Waals surface area contributed by atoms with Gasteiger partial charge in [0.05, 0.1) is 10.6 Å². The lowest BCUT2D eigenvalue weighted by Crippen LogP contribution is -2.20. The van der Waals surface area contributed by atoms with Crippen LogP contribution in [0.4, 0.5) is 5.69 Å². The average molecular weight is 396 g/mol. The fourth-order valence-corrected chi connectivity index (χ4v) is 4.13. The Bertz CT molecular complexity index is 1030. The van der Waals surface area contributed by atoms with Crippen molar-refractivity contribution in [1.82, 2.24) is 4.72 Å². The van der Waals surface area contributed by atoms with E-state index in [-0.39, 0.29) is 10.6 Å². The van der Waals surface area contributed by atoms with Crippen LogP contribution in [0.3, 0.4) is 0 Å². The van der Waals surface area contributed by atoms with E-state index in [0.717, 1.165) is 6.26 Å². The number of sulfone groups is 1. The van der Waals surface area contributed by atoms with E-state index in [9.17, 15) is 21.6 Å². The molecule has 0 radical (unpaired) electrons. The number of amides is 1. The minimum Gasteiger partial charge on any atom is -0.322 e. The Kier molecular flexibility index (Phi) is 5.84. The van der Waals surface area contributed by atoms with Gasteiger partial charge in [0.1, 0.15) is 0 Å². The van der Waals surface area contributed by atoms with Crippen molar-refractivity contribution < 1.29 is 21.6 Å². The fraction of sp³-hybridized carbons (Fsp3) is 0.235. The Morgan fingerprint density at radius 1 is 1.00 bits per heavy atom. The third-order valence-corrected chi connectivity index (χ3v) is 6.06. The fourth-order valence-electron chi connectivity index (χ4n) is 2.34. The molecule has 1 amide bonds. The van der Waals surface area contributed by atoms with E-state index in [1.54, 1.807) is 31.2 Å². The largest absolute Gasteiger partial charge is 0.322 e. The molecular formula is C17H20N2O5S2. The average Bonchev–Trinajstić information content (AvgIpc) is 2.55. The molecule has 2 aromatic rings. The van der Waals surface area contributed by atoms with Crippen molar-refractivity contribution >= 4 is 31.5 Å². The summed E-state index contributed by atoms with van der Waals surface area (Å²) in [5, 5.41) is 2.64. The Morgan fingerprint density at radius 2 is 1.62 bits per heavy atom. The molecule has 7 nitrogen and oxygen atoms in total. The number of aryl methyl sites for hydroxylation is 1. The molecule has 0 spiro atoms. The first-order valence-corrected chi connectivity index (χ1v) is 11.2. The lowest BCUT2D eigenvalue weighted by Gasteiger charge is -2.10. The number of nitrogens with one attached hydrogen (secondary N) is 2. The first-order valence-electron chi connectivity index (χ1n) is 7.64. The summed E-state index contributed by atoms with van der Waals surface area (Å²) in [6, 6.07) is 10.8. The minimum atomic E-state index is -3.63. The maximum Gasteiger partial charge on any atom is 0.255 e. The summed E-state index contributed by atoms with van der Waals surface area (Å²) in [6.45, 7) is 1.66. The number of carbonyl (C=O) groups is 1. The molecule has 2 N–H and O–H groups in total. The van der Waals surface area contributed by atoms with Gasteiger partial charge in [-0.2, -0.15) is 0 Å². The van der Waals surface area contributed by atoms with E-state index in [1.165, 1.54) is 25.2 Å². The van der Waals surface area contributed by atoms with Crippen LogP contribution in [0, 0.1) is 6.92 Å². The third-order valence-electron chi connectivity index (χ3n) is 3.65. The molecule has 0 heterocycles. The second-order valence-electron chi connectivity index (χ2n) is 5.91. The maximum atomic E-state index is 12.3. The highest BCUT2D eigenvalue weighted by Gasteiger charge is 2.16. The highest BCUT2D eigenvalue weighted by atomic mass is 32.2. The smallest absolute Gasteiger partial charge is 0.255 e. The molecule has 0 fully saturated rings. The first-order chi connectivity index (χ1) is 12.0. The number of hydrogen-bond acceptors (Lipinski definition) is 5. The van der Waals surface area contributed by atoms with Crippen LogP contribution in [-0.4, -0.2) is 36.0 Å². The van der Waals surface area contributed by atoms with Gasteiger partial charge in [0.15, 0.2) is 9.84 Å². The maximum absolute atomic E-state index is 12.3. The minimum absolute atomic E-state index is 0.0845. The van der Waals surface area contributed by atoms with Crippen molar-refractivity contribution in [2.24, 2.45) is 0 Å². The molecule has 2 rings (SSSR count). The summed E-state index contributed by atoms with van der Waals surface area (Å²) in [4.78, 5) is 12.4. The number of anilines is 1. The molecule has 0 atom stereocenters. The third kappa shape index (κ3) is 5.13. The zero-order chi connectivity index (χ0) is 19.5. The van der Waals surface area contributed by atoms with Crippen LogP contribution in [0.15, 0.2) is 47.4 Å². The standard InChI is InChI=1S/C17H20N2O5S2/c1-12-4-9-15(10-16(12)26(23,24)18-2)19-17(20)14-7-5-13(6-8-14)11-25(3,21)22/h4-10,18H,11H2,1-3H3,(H,19,20). The molecule has 2 aromatic carbocycles. The van der Waals surface area contributed by atoms with E-state index in [4.69, 9.17) is 0 Å². The Labute approximate surface area is 153 Å². The van der Waals surface area contributed by atoms with Gasteiger partial charge in [-0.05, 0) is 49.4 Å². The zero-order valence-corrected chi connectivity index (χ0v) is 16.2. The van der Waals surface area contributed by atoms with E-state index >= 15 is 0 Å². The van der Waals surface area contributed by atoms with Crippen LogP contribution in [0.25, 0.3) is 0 Å². The SMILES string of the molecule is CNS(=O)(=O)c1cc(NC(=O)c2ccc(CS(C)(=O)=O)cc2)ccc1C. The van der Waals surface area contributed by atoms with Gasteiger partial charge in [0.2, 0.25) is 10.0 Å². The number of rotatable bonds is 6. The summed E-state index contributed by atoms with van der Waals surface area (Å²) in [5.41, 5.74) is 1.82. The van der Waals surface area contributed by atoms with Crippen molar-refractivity contribution in [1.29, 1.82) is 0 Å². The molecule has 0 aliphatic heterocycles. The van der Waals surface area contributed by atoms with Gasteiger partial charge in [-0.1, -0.05) is 18.2 Å². The molecule has 0 unspecified atom stereocenters. The van der Waals surface area contributed by atoms with Crippen molar-refractivity contribution in [3.8, 4) is 0 Å². The number of sulfonamides is 1. The van der Waals surface area contributed by atoms with Gasteiger partial charge in [-0.15, -0.1) is 0 Å². The molecule has 0 aromatic heterocycles. The Balaban J connectivity index is 2.21. The molecule has 0 aliphatic carbocycles. The van der Waals surface area contributed by atoms with E-state index < -0.39 is 25.8 Å². The topological polar surface area (TPSA) is 109 Å². The summed E-state index contributed by atoms with van der Waals surface area (Å²) in [5.74, 6) is -0.523. The highest BCUT2D eigenvalue weighted by Crippen LogP contribution is 2.20. The van der Waals surface area contributed by atoms with E-state index in [2.05, 4.69) is 10.0 Å². The second kappa shape index (κ2) is 7.56. The lowest BCUT2D eigenvalue weighted by atomic mass is 10.1. The molecule has 0 bridgehead atoms. The normalized spacial score (nSPS) is 12.0. The van der Waals surface area contributed by atoms with Gasteiger partial charge >= 0.3 is 0 Å². The highest BCUT2D eigenvalue weighted by molar-refractivity contribution is 7.90. The summed E-state index contributed by atoms with van der Waals surface area (Å²) >= 11 is 0. The van der Waals surface area contributed by atoms with Crippen LogP contribution in [0.1, 0.15) is 21.5 Å². The molecule has 9 heteroatoms.